The third-order valence-electron chi connectivity index (χ3n) is 2.96. The summed E-state index contributed by atoms with van der Waals surface area (Å²) in [5.41, 5.74) is 0.691. The van der Waals surface area contributed by atoms with Gasteiger partial charge in [0.15, 0.2) is 0 Å². The van der Waals surface area contributed by atoms with Crippen molar-refractivity contribution in [1.29, 1.82) is 0 Å². The monoisotopic (exact) mass is 314 g/mol. The molecule has 1 atom stereocenters. The van der Waals surface area contributed by atoms with Gasteiger partial charge in [0.2, 0.25) is 0 Å². The number of aliphatic hydroxyl groups is 1. The molecule has 21 heavy (non-hydrogen) atoms. The molecule has 0 aliphatic rings. The Morgan fingerprint density at radius 2 is 2.05 bits per heavy atom. The van der Waals surface area contributed by atoms with Gasteiger partial charge in [0.25, 0.3) is 0 Å². The van der Waals surface area contributed by atoms with E-state index in [0.717, 1.165) is 0 Å². The minimum atomic E-state index is -0.589. The molecule has 2 amide bonds. The van der Waals surface area contributed by atoms with Crippen LogP contribution in [0.1, 0.15) is 6.92 Å². The molecular formula is C14H23ClN4O2. The van der Waals surface area contributed by atoms with E-state index >= 15 is 0 Å². The molecule has 1 heterocycles. The van der Waals surface area contributed by atoms with Crippen LogP contribution in [0.15, 0.2) is 18.3 Å². The molecule has 0 fully saturated rings. The number of likely N-dealkylation sites (N-methyl/N-ethyl adjacent to an activating group) is 2. The van der Waals surface area contributed by atoms with E-state index < -0.39 is 6.10 Å². The molecule has 1 N–H and O–H groups in total. The van der Waals surface area contributed by atoms with Gasteiger partial charge in [-0.05, 0) is 33.2 Å². The van der Waals surface area contributed by atoms with E-state index in [1.807, 2.05) is 25.9 Å². The third kappa shape index (κ3) is 5.49. The zero-order chi connectivity index (χ0) is 16.0. The summed E-state index contributed by atoms with van der Waals surface area (Å²) in [5.74, 6) is 0. The van der Waals surface area contributed by atoms with E-state index in [0.29, 0.717) is 23.9 Å². The molecule has 6 nitrogen and oxygen atoms in total. The summed E-state index contributed by atoms with van der Waals surface area (Å²) in [7, 11) is 5.43. The quantitative estimate of drug-likeness (QED) is 0.809. The van der Waals surface area contributed by atoms with Gasteiger partial charge in [0.1, 0.15) is 5.15 Å². The number of halogens is 1. The molecule has 0 radical (unpaired) electrons. The fraction of sp³-hybridized carbons (Fsp3) is 0.571. The zero-order valence-electron chi connectivity index (χ0n) is 13.0. The lowest BCUT2D eigenvalue weighted by atomic mass is 10.3. The van der Waals surface area contributed by atoms with E-state index in [1.165, 1.54) is 4.90 Å². The number of carbonyl (C=O) groups excluding carboxylic acids is 1. The molecule has 0 spiro atoms. The molecule has 7 heteroatoms. The van der Waals surface area contributed by atoms with Gasteiger partial charge in [0.05, 0.1) is 6.10 Å². The first-order valence-electron chi connectivity index (χ1n) is 6.82. The molecule has 118 valence electrons. The van der Waals surface area contributed by atoms with Crippen molar-refractivity contribution in [2.24, 2.45) is 0 Å². The number of anilines is 1. The zero-order valence-corrected chi connectivity index (χ0v) is 13.7. The molecule has 1 unspecified atom stereocenters. The molecule has 0 bridgehead atoms. The Morgan fingerprint density at radius 3 is 2.57 bits per heavy atom. The summed E-state index contributed by atoms with van der Waals surface area (Å²) < 4.78 is 0. The van der Waals surface area contributed by atoms with Crippen LogP contribution < -0.4 is 4.90 Å². The lowest BCUT2D eigenvalue weighted by Gasteiger charge is -2.29. The summed E-state index contributed by atoms with van der Waals surface area (Å²) in [6.07, 6.45) is 0.975. The van der Waals surface area contributed by atoms with Crippen molar-refractivity contribution in [3.8, 4) is 0 Å². The number of aliphatic hydroxyl groups excluding tert-OH is 1. The number of hydrogen-bond donors (Lipinski definition) is 1. The third-order valence-corrected chi connectivity index (χ3v) is 3.16. The van der Waals surface area contributed by atoms with E-state index in [1.54, 1.807) is 30.3 Å². The Hall–Kier alpha value is -1.37. The molecule has 0 aromatic carbocycles. The van der Waals surface area contributed by atoms with Crippen molar-refractivity contribution in [1.82, 2.24) is 14.8 Å². The SMILES string of the molecule is CCN(C(=O)N(C)CC(O)CN(C)C)c1ccnc(Cl)c1. The van der Waals surface area contributed by atoms with Crippen molar-refractivity contribution >= 4 is 23.3 Å². The summed E-state index contributed by atoms with van der Waals surface area (Å²) in [5, 5.41) is 10.3. The van der Waals surface area contributed by atoms with Crippen LogP contribution in [-0.4, -0.2) is 72.8 Å². The van der Waals surface area contributed by atoms with Gasteiger partial charge in [-0.25, -0.2) is 9.78 Å². The molecule has 0 aliphatic heterocycles. The molecule has 0 aliphatic carbocycles. The number of hydrogen-bond acceptors (Lipinski definition) is 4. The minimum Gasteiger partial charge on any atom is -0.390 e. The van der Waals surface area contributed by atoms with Gasteiger partial charge < -0.3 is 14.9 Å². The van der Waals surface area contributed by atoms with E-state index in [4.69, 9.17) is 11.6 Å². The van der Waals surface area contributed by atoms with Crippen LogP contribution in [0.5, 0.6) is 0 Å². The van der Waals surface area contributed by atoms with Crippen LogP contribution in [0.4, 0.5) is 10.5 Å². The Kier molecular flexibility index (Phi) is 6.87. The second kappa shape index (κ2) is 8.17. The van der Waals surface area contributed by atoms with Gasteiger partial charge in [-0.15, -0.1) is 0 Å². The highest BCUT2D eigenvalue weighted by Crippen LogP contribution is 2.18. The maximum absolute atomic E-state index is 12.5. The number of carbonyl (C=O) groups is 1. The van der Waals surface area contributed by atoms with Crippen molar-refractivity contribution in [2.75, 3.05) is 45.7 Å². The summed E-state index contributed by atoms with van der Waals surface area (Å²) >= 11 is 5.86. The lowest BCUT2D eigenvalue weighted by molar-refractivity contribution is 0.107. The Balaban J connectivity index is 2.74. The first-order valence-corrected chi connectivity index (χ1v) is 7.20. The smallest absolute Gasteiger partial charge is 0.324 e. The van der Waals surface area contributed by atoms with Crippen molar-refractivity contribution in [3.63, 3.8) is 0 Å². The summed E-state index contributed by atoms with van der Waals surface area (Å²) in [4.78, 5) is 21.4. The fourth-order valence-electron chi connectivity index (χ4n) is 2.07. The van der Waals surface area contributed by atoms with Gasteiger partial charge >= 0.3 is 6.03 Å². The second-order valence-electron chi connectivity index (χ2n) is 5.16. The van der Waals surface area contributed by atoms with Crippen LogP contribution in [0.3, 0.4) is 0 Å². The predicted molar refractivity (Wildman–Crippen MR) is 84.9 cm³/mol. The first kappa shape index (κ1) is 17.7. The average molecular weight is 315 g/mol. The van der Waals surface area contributed by atoms with E-state index in [2.05, 4.69) is 4.98 Å². The Labute approximate surface area is 130 Å². The highest BCUT2D eigenvalue weighted by molar-refractivity contribution is 6.29. The maximum atomic E-state index is 12.5. The maximum Gasteiger partial charge on any atom is 0.324 e. The largest absolute Gasteiger partial charge is 0.390 e. The number of nitrogens with zero attached hydrogens (tertiary/aromatic N) is 4. The van der Waals surface area contributed by atoms with Crippen molar-refractivity contribution in [3.05, 3.63) is 23.5 Å². The number of rotatable bonds is 6. The molecule has 0 saturated heterocycles. The van der Waals surface area contributed by atoms with Crippen LogP contribution >= 0.6 is 11.6 Å². The molecular weight excluding hydrogens is 292 g/mol. The number of pyridine rings is 1. The summed E-state index contributed by atoms with van der Waals surface area (Å²) in [6, 6.07) is 3.20. The predicted octanol–water partition coefficient (Wildman–Crippen LogP) is 1.54. The fourth-order valence-corrected chi connectivity index (χ4v) is 2.24. The molecule has 1 aromatic heterocycles. The van der Waals surface area contributed by atoms with Crippen LogP contribution in [0.2, 0.25) is 5.15 Å². The van der Waals surface area contributed by atoms with E-state index in [-0.39, 0.29) is 12.6 Å². The normalized spacial score (nSPS) is 12.3. The van der Waals surface area contributed by atoms with Crippen molar-refractivity contribution in [2.45, 2.75) is 13.0 Å². The Bertz CT molecular complexity index is 470. The van der Waals surface area contributed by atoms with Gasteiger partial charge in [-0.1, -0.05) is 11.6 Å². The van der Waals surface area contributed by atoms with Crippen LogP contribution in [0, 0.1) is 0 Å². The lowest BCUT2D eigenvalue weighted by Crippen LogP contribution is -2.46. The highest BCUT2D eigenvalue weighted by atomic mass is 35.5. The van der Waals surface area contributed by atoms with Gasteiger partial charge in [-0.2, -0.15) is 0 Å². The molecule has 1 rings (SSSR count). The highest BCUT2D eigenvalue weighted by Gasteiger charge is 2.20. The first-order chi connectivity index (χ1) is 9.85. The van der Waals surface area contributed by atoms with Crippen LogP contribution in [-0.2, 0) is 0 Å². The minimum absolute atomic E-state index is 0.183. The Morgan fingerprint density at radius 1 is 1.38 bits per heavy atom. The van der Waals surface area contributed by atoms with E-state index in [9.17, 15) is 9.90 Å². The molecule has 1 aromatic rings. The summed E-state index contributed by atoms with van der Waals surface area (Å²) in [6.45, 7) is 3.17. The van der Waals surface area contributed by atoms with Gasteiger partial charge in [0, 0.05) is 38.6 Å². The van der Waals surface area contributed by atoms with Crippen LogP contribution in [0.25, 0.3) is 0 Å². The number of aromatic nitrogens is 1. The number of urea groups is 1. The average Bonchev–Trinajstić information content (AvgIpc) is 2.38. The molecule has 0 saturated carbocycles. The standard InChI is InChI=1S/C14H23ClN4O2/c1-5-19(11-6-7-16-13(15)8-11)14(21)18(4)10-12(20)9-17(2)3/h6-8,12,20H,5,9-10H2,1-4H3. The topological polar surface area (TPSA) is 59.9 Å². The second-order valence-corrected chi connectivity index (χ2v) is 5.55. The number of amides is 2. The van der Waals surface area contributed by atoms with Crippen molar-refractivity contribution < 1.29 is 9.90 Å². The van der Waals surface area contributed by atoms with Gasteiger partial charge in [-0.3, -0.25) is 4.90 Å².